The van der Waals surface area contributed by atoms with E-state index in [2.05, 4.69) is 20.4 Å². The largest absolute Gasteiger partial charge is 0.359 e. The third-order valence-electron chi connectivity index (χ3n) is 3.55. The number of aryl methyl sites for hydroxylation is 1. The highest BCUT2D eigenvalue weighted by Crippen LogP contribution is 2.20. The Morgan fingerprint density at radius 3 is 2.87 bits per heavy atom. The number of carbonyl (C=O) groups is 1. The van der Waals surface area contributed by atoms with Crippen LogP contribution < -0.4 is 5.32 Å². The number of imidazole rings is 1. The Labute approximate surface area is 134 Å². The summed E-state index contributed by atoms with van der Waals surface area (Å²) >= 11 is 0. The molecule has 0 unspecified atom stereocenters. The van der Waals surface area contributed by atoms with Crippen LogP contribution in [-0.2, 0) is 11.3 Å². The highest BCUT2D eigenvalue weighted by Gasteiger charge is 2.09. The highest BCUT2D eigenvalue weighted by atomic mass is 16.1. The van der Waals surface area contributed by atoms with Gasteiger partial charge in [-0.15, -0.1) is 0 Å². The fourth-order valence-electron chi connectivity index (χ4n) is 2.35. The third kappa shape index (κ3) is 3.45. The van der Waals surface area contributed by atoms with Gasteiger partial charge in [-0.05, 0) is 18.6 Å². The van der Waals surface area contributed by atoms with Crippen LogP contribution in [0.4, 0.5) is 0 Å². The number of nitrogens with one attached hydrogen (secondary N) is 1. The van der Waals surface area contributed by atoms with Crippen LogP contribution in [0.15, 0.2) is 49.3 Å². The Morgan fingerprint density at radius 1 is 1.26 bits per heavy atom. The average Bonchev–Trinajstić information content (AvgIpc) is 3.24. The lowest BCUT2D eigenvalue weighted by molar-refractivity contribution is -0.120. The van der Waals surface area contributed by atoms with Crippen molar-refractivity contribution in [2.75, 3.05) is 7.05 Å². The summed E-state index contributed by atoms with van der Waals surface area (Å²) in [4.78, 5) is 19.7. The van der Waals surface area contributed by atoms with Gasteiger partial charge in [0.05, 0.1) is 11.9 Å². The van der Waals surface area contributed by atoms with Gasteiger partial charge in [-0.3, -0.25) is 19.0 Å². The molecule has 1 N–H and O–H groups in total. The van der Waals surface area contributed by atoms with Crippen molar-refractivity contribution >= 4 is 5.91 Å². The van der Waals surface area contributed by atoms with Gasteiger partial charge in [-0.1, -0.05) is 0 Å². The van der Waals surface area contributed by atoms with E-state index in [1.807, 2.05) is 33.8 Å². The molecule has 0 fully saturated rings. The number of amides is 1. The van der Waals surface area contributed by atoms with Gasteiger partial charge in [0.1, 0.15) is 5.82 Å². The van der Waals surface area contributed by atoms with Crippen molar-refractivity contribution in [2.45, 2.75) is 19.4 Å². The van der Waals surface area contributed by atoms with Crippen molar-refractivity contribution in [2.24, 2.45) is 0 Å². The van der Waals surface area contributed by atoms with E-state index >= 15 is 0 Å². The number of pyridine rings is 1. The molecule has 0 saturated heterocycles. The molecule has 0 radical (unpaired) electrons. The van der Waals surface area contributed by atoms with E-state index in [9.17, 15) is 4.79 Å². The summed E-state index contributed by atoms with van der Waals surface area (Å²) in [5.74, 6) is 0.893. The van der Waals surface area contributed by atoms with Gasteiger partial charge in [0, 0.05) is 56.6 Å². The molecule has 1 amide bonds. The quantitative estimate of drug-likeness (QED) is 0.751. The molecule has 3 aromatic heterocycles. The third-order valence-corrected chi connectivity index (χ3v) is 3.55. The molecule has 3 heterocycles. The Morgan fingerprint density at radius 2 is 2.09 bits per heavy atom. The van der Waals surface area contributed by atoms with Crippen LogP contribution in [0.1, 0.15) is 12.8 Å². The molecule has 7 nitrogen and oxygen atoms in total. The maximum absolute atomic E-state index is 11.2. The Kier molecular flexibility index (Phi) is 4.46. The first-order chi connectivity index (χ1) is 11.3. The molecular formula is C16H18N6O. The zero-order chi connectivity index (χ0) is 16.1. The fraction of sp³-hybridized carbons (Fsp3) is 0.250. The summed E-state index contributed by atoms with van der Waals surface area (Å²) in [6.45, 7) is 0.701. The topological polar surface area (TPSA) is 77.6 Å². The molecule has 0 bridgehead atoms. The number of nitrogens with zero attached hydrogens (tertiary/aromatic N) is 5. The Hall–Kier alpha value is -2.96. The first kappa shape index (κ1) is 15.0. The number of carbonyl (C=O) groups excluding carboxylic acids is 1. The zero-order valence-corrected chi connectivity index (χ0v) is 12.9. The molecule has 7 heteroatoms. The molecule has 23 heavy (non-hydrogen) atoms. The van der Waals surface area contributed by atoms with Crippen molar-refractivity contribution in [1.29, 1.82) is 0 Å². The minimum atomic E-state index is 0.0481. The van der Waals surface area contributed by atoms with Crippen LogP contribution in [0.5, 0.6) is 0 Å². The number of aromatic nitrogens is 5. The maximum Gasteiger partial charge on any atom is 0.219 e. The molecule has 118 valence electrons. The smallest absolute Gasteiger partial charge is 0.219 e. The molecule has 3 aromatic rings. The van der Waals surface area contributed by atoms with Crippen molar-refractivity contribution < 1.29 is 4.79 Å². The summed E-state index contributed by atoms with van der Waals surface area (Å²) in [6.07, 6.45) is 12.2. The molecule has 0 aromatic carbocycles. The number of rotatable bonds is 6. The van der Waals surface area contributed by atoms with Crippen LogP contribution in [0.3, 0.4) is 0 Å². The summed E-state index contributed by atoms with van der Waals surface area (Å²) in [6, 6.07) is 3.85. The minimum Gasteiger partial charge on any atom is -0.359 e. The van der Waals surface area contributed by atoms with E-state index in [0.29, 0.717) is 13.0 Å². The van der Waals surface area contributed by atoms with Crippen LogP contribution >= 0.6 is 0 Å². The van der Waals surface area contributed by atoms with Gasteiger partial charge in [0.25, 0.3) is 0 Å². The lowest BCUT2D eigenvalue weighted by Crippen LogP contribution is -2.17. The lowest BCUT2D eigenvalue weighted by Gasteiger charge is -2.05. The highest BCUT2D eigenvalue weighted by molar-refractivity contribution is 5.75. The van der Waals surface area contributed by atoms with Crippen molar-refractivity contribution in [3.05, 3.63) is 49.3 Å². The van der Waals surface area contributed by atoms with Crippen LogP contribution in [-0.4, -0.2) is 37.3 Å². The van der Waals surface area contributed by atoms with E-state index in [1.54, 1.807) is 31.8 Å². The van der Waals surface area contributed by atoms with E-state index in [0.717, 1.165) is 23.5 Å². The van der Waals surface area contributed by atoms with Crippen molar-refractivity contribution in [3.63, 3.8) is 0 Å². The fourth-order valence-corrected chi connectivity index (χ4v) is 2.35. The van der Waals surface area contributed by atoms with Gasteiger partial charge in [0.15, 0.2) is 0 Å². The normalized spacial score (nSPS) is 10.7. The van der Waals surface area contributed by atoms with E-state index in [-0.39, 0.29) is 5.91 Å². The minimum absolute atomic E-state index is 0.0481. The van der Waals surface area contributed by atoms with Gasteiger partial charge >= 0.3 is 0 Å². The van der Waals surface area contributed by atoms with Crippen molar-refractivity contribution in [1.82, 2.24) is 29.6 Å². The molecular weight excluding hydrogens is 292 g/mol. The molecule has 0 atom stereocenters. The first-order valence-electron chi connectivity index (χ1n) is 7.45. The second-order valence-corrected chi connectivity index (χ2v) is 5.10. The summed E-state index contributed by atoms with van der Waals surface area (Å²) in [5.41, 5.74) is 1.94. The van der Waals surface area contributed by atoms with Crippen molar-refractivity contribution in [3.8, 4) is 17.1 Å². The Balaban J connectivity index is 1.74. The summed E-state index contributed by atoms with van der Waals surface area (Å²) < 4.78 is 3.83. The van der Waals surface area contributed by atoms with E-state index < -0.39 is 0 Å². The number of hydrogen-bond donors (Lipinski definition) is 1. The molecule has 0 aliphatic carbocycles. The second-order valence-electron chi connectivity index (χ2n) is 5.10. The maximum atomic E-state index is 11.2. The second kappa shape index (κ2) is 6.87. The van der Waals surface area contributed by atoms with Crippen LogP contribution in [0.25, 0.3) is 17.1 Å². The monoisotopic (exact) mass is 310 g/mol. The zero-order valence-electron chi connectivity index (χ0n) is 12.9. The predicted octanol–water partition coefficient (Wildman–Crippen LogP) is 1.66. The van der Waals surface area contributed by atoms with Crippen LogP contribution in [0, 0.1) is 0 Å². The Bertz CT molecular complexity index is 777. The molecule has 0 spiro atoms. The standard InChI is InChI=1S/C16H18N6O/c1-17-15(23)3-2-9-21-12-14(11-20-21)22-10-8-19-16(22)13-4-6-18-7-5-13/h4-8,10-12H,2-3,9H2,1H3,(H,17,23). The molecule has 3 rings (SSSR count). The first-order valence-corrected chi connectivity index (χ1v) is 7.45. The average molecular weight is 310 g/mol. The van der Waals surface area contributed by atoms with Gasteiger partial charge in [0.2, 0.25) is 5.91 Å². The van der Waals surface area contributed by atoms with Gasteiger partial charge in [-0.2, -0.15) is 5.10 Å². The van der Waals surface area contributed by atoms with Gasteiger partial charge < -0.3 is 5.32 Å². The SMILES string of the molecule is CNC(=O)CCCn1cc(-n2ccnc2-c2ccncc2)cn1. The van der Waals surface area contributed by atoms with Crippen LogP contribution in [0.2, 0.25) is 0 Å². The van der Waals surface area contributed by atoms with E-state index in [4.69, 9.17) is 0 Å². The number of hydrogen-bond acceptors (Lipinski definition) is 4. The summed E-state index contributed by atoms with van der Waals surface area (Å²) in [7, 11) is 1.65. The lowest BCUT2D eigenvalue weighted by atomic mass is 10.2. The molecule has 0 aliphatic rings. The summed E-state index contributed by atoms with van der Waals surface area (Å²) in [5, 5.41) is 6.97. The predicted molar refractivity (Wildman–Crippen MR) is 85.9 cm³/mol. The molecule has 0 saturated carbocycles. The molecule has 0 aliphatic heterocycles. The van der Waals surface area contributed by atoms with Gasteiger partial charge in [-0.25, -0.2) is 4.98 Å². The van der Waals surface area contributed by atoms with E-state index in [1.165, 1.54) is 0 Å².